The number of primary amides is 1. The first-order chi connectivity index (χ1) is 17.3. The third-order valence-electron chi connectivity index (χ3n) is 7.18. The summed E-state index contributed by atoms with van der Waals surface area (Å²) < 4.78 is 4.00. The molecule has 1 atom stereocenters. The minimum atomic E-state index is -1.50. The van der Waals surface area contributed by atoms with Gasteiger partial charge in [0.05, 0.1) is 5.69 Å². The highest BCUT2D eigenvalue weighted by atomic mass is 16.3. The number of aromatic nitrogens is 6. The van der Waals surface area contributed by atoms with Gasteiger partial charge in [-0.05, 0) is 55.5 Å². The van der Waals surface area contributed by atoms with Crippen LogP contribution in [0.4, 0.5) is 0 Å². The quantitative estimate of drug-likeness (QED) is 0.433. The van der Waals surface area contributed by atoms with Gasteiger partial charge in [-0.1, -0.05) is 17.9 Å². The lowest BCUT2D eigenvalue weighted by Crippen LogP contribution is -2.25. The van der Waals surface area contributed by atoms with Crippen LogP contribution in [0.2, 0.25) is 0 Å². The zero-order valence-corrected chi connectivity index (χ0v) is 20.0. The van der Waals surface area contributed by atoms with Crippen LogP contribution in [0.15, 0.2) is 48.9 Å². The topological polar surface area (TPSA) is 125 Å². The van der Waals surface area contributed by atoms with Crippen LogP contribution in [0.25, 0.3) is 11.4 Å². The van der Waals surface area contributed by atoms with Gasteiger partial charge in [-0.2, -0.15) is 5.10 Å². The monoisotopic (exact) mass is 479 g/mol. The number of rotatable bonds is 4. The van der Waals surface area contributed by atoms with Crippen LogP contribution < -0.4 is 5.73 Å². The first kappa shape index (κ1) is 22.2. The second kappa shape index (κ2) is 8.14. The summed E-state index contributed by atoms with van der Waals surface area (Å²) in [5.41, 5.74) is 9.26. The largest absolute Gasteiger partial charge is 0.371 e. The Labute approximate surface area is 208 Å². The van der Waals surface area contributed by atoms with Gasteiger partial charge < -0.3 is 15.4 Å². The van der Waals surface area contributed by atoms with Crippen LogP contribution in [0.5, 0.6) is 0 Å². The molecule has 36 heavy (non-hydrogen) atoms. The molecule has 1 saturated carbocycles. The predicted molar refractivity (Wildman–Crippen MR) is 132 cm³/mol. The van der Waals surface area contributed by atoms with E-state index in [2.05, 4.69) is 37.5 Å². The number of carbonyl (C=O) groups excluding carboxylic acids is 1. The molecule has 3 N–H and O–H groups in total. The van der Waals surface area contributed by atoms with Crippen LogP contribution in [0.1, 0.15) is 70.6 Å². The molecule has 3 aliphatic rings. The fraction of sp³-hybridized carbons (Fsp3) is 0.296. The molecule has 4 aromatic rings. The third-order valence-corrected chi connectivity index (χ3v) is 7.18. The lowest BCUT2D eigenvalue weighted by atomic mass is 9.75. The van der Waals surface area contributed by atoms with Crippen LogP contribution in [0, 0.1) is 11.8 Å². The number of nitrogens with zero attached hydrogens (tertiary/aromatic N) is 6. The van der Waals surface area contributed by atoms with Crippen LogP contribution in [-0.2, 0) is 19.1 Å². The average molecular weight is 480 g/mol. The van der Waals surface area contributed by atoms with Crippen LogP contribution >= 0.6 is 0 Å². The average Bonchev–Trinajstić information content (AvgIpc) is 3.35. The maximum atomic E-state index is 12.4. The normalized spacial score (nSPS) is 19.1. The van der Waals surface area contributed by atoms with Crippen molar-refractivity contribution in [3.63, 3.8) is 0 Å². The van der Waals surface area contributed by atoms with Gasteiger partial charge in [0.25, 0.3) is 5.91 Å². The molecule has 180 valence electrons. The van der Waals surface area contributed by atoms with Crippen molar-refractivity contribution in [2.24, 2.45) is 12.8 Å². The lowest BCUT2D eigenvalue weighted by Gasteiger charge is -2.35. The molecule has 1 aliphatic carbocycles. The van der Waals surface area contributed by atoms with E-state index in [-0.39, 0.29) is 11.9 Å². The number of aliphatic hydroxyl groups is 1. The molecule has 2 aliphatic heterocycles. The van der Waals surface area contributed by atoms with E-state index >= 15 is 0 Å². The van der Waals surface area contributed by atoms with E-state index in [1.54, 1.807) is 36.3 Å². The van der Waals surface area contributed by atoms with Gasteiger partial charge in [0, 0.05) is 54.9 Å². The molecule has 7 rings (SSSR count). The van der Waals surface area contributed by atoms with Crippen molar-refractivity contribution in [3.05, 3.63) is 83.0 Å². The van der Waals surface area contributed by atoms with E-state index in [1.807, 2.05) is 25.2 Å². The van der Waals surface area contributed by atoms with Crippen molar-refractivity contribution < 1.29 is 9.90 Å². The Balaban J connectivity index is 1.46. The van der Waals surface area contributed by atoms with Gasteiger partial charge in [-0.25, -0.2) is 15.0 Å². The van der Waals surface area contributed by atoms with Crippen molar-refractivity contribution >= 4 is 5.91 Å². The lowest BCUT2D eigenvalue weighted by molar-refractivity contribution is 0.0994. The summed E-state index contributed by atoms with van der Waals surface area (Å²) in [6.07, 6.45) is 7.38. The van der Waals surface area contributed by atoms with Crippen molar-refractivity contribution in [2.45, 2.75) is 43.7 Å². The summed E-state index contributed by atoms with van der Waals surface area (Å²) in [4.78, 5) is 25.5. The molecule has 1 fully saturated rings. The van der Waals surface area contributed by atoms with Gasteiger partial charge in [0.1, 0.15) is 11.5 Å². The van der Waals surface area contributed by atoms with E-state index < -0.39 is 11.5 Å². The summed E-state index contributed by atoms with van der Waals surface area (Å²) in [5, 5.41) is 15.1. The predicted octanol–water partition coefficient (Wildman–Crippen LogP) is 2.45. The minimum absolute atomic E-state index is 0.245. The fourth-order valence-corrected chi connectivity index (χ4v) is 5.20. The highest BCUT2D eigenvalue weighted by Crippen LogP contribution is 2.53. The van der Waals surface area contributed by atoms with E-state index in [0.717, 1.165) is 41.2 Å². The number of hydrogen-bond acceptors (Lipinski definition) is 6. The van der Waals surface area contributed by atoms with E-state index in [4.69, 9.17) is 10.7 Å². The Hall–Kier alpha value is -4.29. The maximum Gasteiger partial charge on any atom is 0.269 e. The van der Waals surface area contributed by atoms with Crippen LogP contribution in [0.3, 0.4) is 0 Å². The number of imidazole rings is 1. The van der Waals surface area contributed by atoms with Crippen molar-refractivity contribution in [3.8, 4) is 23.2 Å². The Morgan fingerprint density at radius 2 is 2.00 bits per heavy atom. The Bertz CT molecular complexity index is 1550. The molecule has 9 heteroatoms. The second-order valence-electron chi connectivity index (χ2n) is 9.61. The molecule has 2 bridgehead atoms. The Morgan fingerprint density at radius 1 is 1.22 bits per heavy atom. The summed E-state index contributed by atoms with van der Waals surface area (Å²) >= 11 is 0. The molecular formula is C27H25N7O2. The number of aryl methyl sites for hydroxylation is 1. The second-order valence-corrected chi connectivity index (χ2v) is 9.61. The van der Waals surface area contributed by atoms with Gasteiger partial charge >= 0.3 is 0 Å². The smallest absolute Gasteiger partial charge is 0.269 e. The van der Waals surface area contributed by atoms with E-state index in [1.165, 1.54) is 5.56 Å². The third kappa shape index (κ3) is 3.58. The number of carbonyl (C=O) groups is 1. The first-order valence-corrected chi connectivity index (χ1v) is 11.9. The van der Waals surface area contributed by atoms with Gasteiger partial charge in [0.15, 0.2) is 11.4 Å². The zero-order chi connectivity index (χ0) is 25.0. The molecule has 5 heterocycles. The number of nitrogens with two attached hydrogens (primary N) is 1. The van der Waals surface area contributed by atoms with Crippen molar-refractivity contribution in [2.75, 3.05) is 0 Å². The molecule has 3 aromatic heterocycles. The highest BCUT2D eigenvalue weighted by Gasteiger charge is 2.41. The summed E-state index contributed by atoms with van der Waals surface area (Å²) in [6.45, 7) is 1.57. The van der Waals surface area contributed by atoms with Gasteiger partial charge in [-0.3, -0.25) is 9.48 Å². The summed E-state index contributed by atoms with van der Waals surface area (Å²) in [6, 6.07) is 9.92. The molecule has 1 aromatic carbocycles. The number of amides is 1. The Morgan fingerprint density at radius 3 is 2.69 bits per heavy atom. The molecule has 1 amide bonds. The molecule has 0 unspecified atom stereocenters. The first-order valence-electron chi connectivity index (χ1n) is 11.9. The Kier molecular flexibility index (Phi) is 5.02. The molecule has 9 nitrogen and oxygen atoms in total. The molecular weight excluding hydrogens is 454 g/mol. The molecule has 0 radical (unpaired) electrons. The van der Waals surface area contributed by atoms with E-state index in [9.17, 15) is 9.90 Å². The van der Waals surface area contributed by atoms with Crippen molar-refractivity contribution in [1.29, 1.82) is 0 Å². The summed E-state index contributed by atoms with van der Waals surface area (Å²) in [5.74, 6) is 6.85. The fourth-order valence-electron chi connectivity index (χ4n) is 5.20. The molecule has 0 spiro atoms. The number of hydrogen-bond donors (Lipinski definition) is 2. The van der Waals surface area contributed by atoms with Crippen molar-refractivity contribution in [1.82, 2.24) is 29.3 Å². The number of benzene rings is 1. The van der Waals surface area contributed by atoms with Gasteiger partial charge in [0.2, 0.25) is 0 Å². The van der Waals surface area contributed by atoms with Gasteiger partial charge in [-0.15, -0.1) is 0 Å². The van der Waals surface area contributed by atoms with E-state index in [0.29, 0.717) is 18.0 Å². The zero-order valence-electron chi connectivity index (χ0n) is 20.0. The SMILES string of the molecule is Cn1nccc1Cc1c(C(N)=O)nc2n1C1CC(C1)c1ccc(C#C[C@@](C)(O)c3ncccn3)cc1-2. The summed E-state index contributed by atoms with van der Waals surface area (Å²) in [7, 11) is 1.88. The minimum Gasteiger partial charge on any atom is -0.371 e. The maximum absolute atomic E-state index is 12.4. The van der Waals surface area contributed by atoms with Crippen LogP contribution in [-0.4, -0.2) is 40.3 Å². The molecule has 0 saturated heterocycles. The highest BCUT2D eigenvalue weighted by molar-refractivity contribution is 5.93. The standard InChI is InChI=1S/C27H25N7O2/c1-27(36,26-29-9-3-10-30-26)8-6-16-4-5-20-17-13-19(14-17)34-22(15-18-7-11-31-33(18)2)23(24(28)35)32-25(34)21(20)12-16/h3-5,7,9-12,17,19,36H,13-15H2,1-2H3,(H2,28,35)/t17?,19?,27-/m1/s1.